The van der Waals surface area contributed by atoms with Gasteiger partial charge in [0.1, 0.15) is 17.0 Å². The molecule has 96 valence electrons. The molecule has 18 heavy (non-hydrogen) atoms. The standard InChI is InChI=1S/C13H16ClN3S/c14-6-4-10-3-1-2-7-17(10)12-11-5-8-18-13(11)16-9-15-12/h5,8-10H,1-4,6-7H2. The van der Waals surface area contributed by atoms with E-state index in [0.29, 0.717) is 6.04 Å². The Morgan fingerprint density at radius 1 is 1.39 bits per heavy atom. The van der Waals surface area contributed by atoms with E-state index in [-0.39, 0.29) is 0 Å². The summed E-state index contributed by atoms with van der Waals surface area (Å²) in [4.78, 5) is 12.3. The first-order valence-electron chi connectivity index (χ1n) is 6.41. The number of piperidine rings is 1. The van der Waals surface area contributed by atoms with Crippen molar-refractivity contribution in [1.82, 2.24) is 9.97 Å². The van der Waals surface area contributed by atoms with E-state index in [0.717, 1.165) is 29.5 Å². The normalized spacial score (nSPS) is 20.5. The van der Waals surface area contributed by atoms with Gasteiger partial charge in [-0.3, -0.25) is 0 Å². The van der Waals surface area contributed by atoms with Crippen molar-refractivity contribution >= 4 is 39.0 Å². The zero-order valence-corrected chi connectivity index (χ0v) is 11.8. The van der Waals surface area contributed by atoms with Crippen molar-refractivity contribution in [1.29, 1.82) is 0 Å². The van der Waals surface area contributed by atoms with Crippen LogP contribution in [0, 0.1) is 0 Å². The van der Waals surface area contributed by atoms with Crippen molar-refractivity contribution in [3.05, 3.63) is 17.8 Å². The van der Waals surface area contributed by atoms with Gasteiger partial charge in [0.2, 0.25) is 0 Å². The molecule has 1 saturated heterocycles. The van der Waals surface area contributed by atoms with Crippen molar-refractivity contribution in [2.24, 2.45) is 0 Å². The molecule has 0 amide bonds. The quantitative estimate of drug-likeness (QED) is 0.804. The van der Waals surface area contributed by atoms with Crippen LogP contribution in [0.2, 0.25) is 0 Å². The summed E-state index contributed by atoms with van der Waals surface area (Å²) >= 11 is 7.60. The maximum Gasteiger partial charge on any atom is 0.141 e. The molecule has 1 unspecified atom stereocenters. The van der Waals surface area contributed by atoms with Crippen LogP contribution in [-0.4, -0.2) is 28.4 Å². The number of nitrogens with zero attached hydrogens (tertiary/aromatic N) is 3. The fourth-order valence-electron chi connectivity index (χ4n) is 2.71. The topological polar surface area (TPSA) is 29.0 Å². The molecule has 3 rings (SSSR count). The fourth-order valence-corrected chi connectivity index (χ4v) is 3.69. The molecule has 3 heterocycles. The van der Waals surface area contributed by atoms with E-state index in [4.69, 9.17) is 11.6 Å². The fraction of sp³-hybridized carbons (Fsp3) is 0.538. The zero-order valence-electron chi connectivity index (χ0n) is 10.2. The second kappa shape index (κ2) is 5.41. The van der Waals surface area contributed by atoms with Crippen LogP contribution in [0.15, 0.2) is 17.8 Å². The van der Waals surface area contributed by atoms with Crippen LogP contribution >= 0.6 is 22.9 Å². The predicted molar refractivity (Wildman–Crippen MR) is 77.7 cm³/mol. The molecule has 2 aromatic heterocycles. The van der Waals surface area contributed by atoms with Gasteiger partial charge >= 0.3 is 0 Å². The summed E-state index contributed by atoms with van der Waals surface area (Å²) in [6.07, 6.45) is 6.49. The number of hydrogen-bond acceptors (Lipinski definition) is 4. The van der Waals surface area contributed by atoms with Gasteiger partial charge in [-0.15, -0.1) is 22.9 Å². The zero-order chi connectivity index (χ0) is 12.4. The highest BCUT2D eigenvalue weighted by atomic mass is 35.5. The molecule has 1 aliphatic rings. The van der Waals surface area contributed by atoms with Crippen molar-refractivity contribution in [3.63, 3.8) is 0 Å². The van der Waals surface area contributed by atoms with Crippen LogP contribution in [0.4, 0.5) is 5.82 Å². The molecule has 1 aliphatic heterocycles. The Labute approximate surface area is 116 Å². The molecule has 0 N–H and O–H groups in total. The monoisotopic (exact) mass is 281 g/mol. The molecular formula is C13H16ClN3S. The van der Waals surface area contributed by atoms with Crippen LogP contribution in [0.1, 0.15) is 25.7 Å². The summed E-state index contributed by atoms with van der Waals surface area (Å²) in [6.45, 7) is 1.09. The molecule has 3 nitrogen and oxygen atoms in total. The average Bonchev–Trinajstić information content (AvgIpc) is 2.88. The first kappa shape index (κ1) is 12.2. The third kappa shape index (κ3) is 2.19. The predicted octanol–water partition coefficient (Wildman–Crippen LogP) is 3.68. The van der Waals surface area contributed by atoms with Gasteiger partial charge in [0.05, 0.1) is 5.39 Å². The van der Waals surface area contributed by atoms with Gasteiger partial charge in [0, 0.05) is 18.5 Å². The van der Waals surface area contributed by atoms with E-state index in [1.54, 1.807) is 17.7 Å². The Balaban J connectivity index is 1.98. The SMILES string of the molecule is ClCCC1CCCCN1c1ncnc2sccc12. The number of fused-ring (bicyclic) bond motifs is 1. The Morgan fingerprint density at radius 2 is 2.33 bits per heavy atom. The Hall–Kier alpha value is -0.870. The van der Waals surface area contributed by atoms with Crippen LogP contribution in [0.3, 0.4) is 0 Å². The summed E-state index contributed by atoms with van der Waals surface area (Å²) in [6, 6.07) is 2.66. The number of halogens is 1. The minimum Gasteiger partial charge on any atom is -0.353 e. The molecule has 0 aliphatic carbocycles. The third-order valence-corrected chi connectivity index (χ3v) is 4.62. The van der Waals surface area contributed by atoms with Crippen molar-refractivity contribution < 1.29 is 0 Å². The maximum absolute atomic E-state index is 5.93. The molecule has 0 saturated carbocycles. The lowest BCUT2D eigenvalue weighted by Gasteiger charge is -2.36. The first-order chi connectivity index (χ1) is 8.90. The summed E-state index contributed by atoms with van der Waals surface area (Å²) in [5.41, 5.74) is 0. The number of alkyl halides is 1. The number of thiophene rings is 1. The molecule has 0 spiro atoms. The lowest BCUT2D eigenvalue weighted by atomic mass is 10.00. The minimum absolute atomic E-state index is 0.536. The van der Waals surface area contributed by atoms with Crippen molar-refractivity contribution in [2.45, 2.75) is 31.7 Å². The van der Waals surface area contributed by atoms with Gasteiger partial charge in [-0.25, -0.2) is 9.97 Å². The lowest BCUT2D eigenvalue weighted by Crippen LogP contribution is -2.40. The Bertz CT molecular complexity index is 526. The molecule has 2 aromatic rings. The number of hydrogen-bond donors (Lipinski definition) is 0. The summed E-state index contributed by atoms with van der Waals surface area (Å²) in [7, 11) is 0. The van der Waals surface area contributed by atoms with Gasteiger partial charge in [0.25, 0.3) is 0 Å². The van der Waals surface area contributed by atoms with E-state index in [2.05, 4.69) is 26.3 Å². The number of rotatable bonds is 3. The largest absolute Gasteiger partial charge is 0.353 e. The highest BCUT2D eigenvalue weighted by Gasteiger charge is 2.24. The second-order valence-corrected chi connectivity index (χ2v) is 5.93. The molecule has 1 fully saturated rings. The summed E-state index contributed by atoms with van der Waals surface area (Å²) < 4.78 is 0. The maximum atomic E-state index is 5.93. The van der Waals surface area contributed by atoms with E-state index in [9.17, 15) is 0 Å². The average molecular weight is 282 g/mol. The van der Waals surface area contributed by atoms with Crippen LogP contribution in [0.25, 0.3) is 10.2 Å². The van der Waals surface area contributed by atoms with Gasteiger partial charge < -0.3 is 4.90 Å². The molecule has 0 radical (unpaired) electrons. The molecule has 5 heteroatoms. The Morgan fingerprint density at radius 3 is 3.22 bits per heavy atom. The van der Waals surface area contributed by atoms with Crippen LogP contribution in [0.5, 0.6) is 0 Å². The van der Waals surface area contributed by atoms with Crippen LogP contribution in [-0.2, 0) is 0 Å². The highest BCUT2D eigenvalue weighted by molar-refractivity contribution is 7.16. The van der Waals surface area contributed by atoms with Gasteiger partial charge in [-0.05, 0) is 37.1 Å². The van der Waals surface area contributed by atoms with Gasteiger partial charge in [-0.2, -0.15) is 0 Å². The molecule has 0 aromatic carbocycles. The minimum atomic E-state index is 0.536. The van der Waals surface area contributed by atoms with Gasteiger partial charge in [-0.1, -0.05) is 0 Å². The Kier molecular flexibility index (Phi) is 3.66. The summed E-state index contributed by atoms with van der Waals surface area (Å²) in [5.74, 6) is 1.81. The smallest absolute Gasteiger partial charge is 0.141 e. The van der Waals surface area contributed by atoms with Crippen molar-refractivity contribution in [3.8, 4) is 0 Å². The van der Waals surface area contributed by atoms with E-state index in [1.165, 1.54) is 24.6 Å². The molecule has 1 atom stereocenters. The third-order valence-electron chi connectivity index (χ3n) is 3.58. The second-order valence-electron chi connectivity index (χ2n) is 4.66. The highest BCUT2D eigenvalue weighted by Crippen LogP contribution is 2.32. The number of anilines is 1. The summed E-state index contributed by atoms with van der Waals surface area (Å²) in [5, 5.41) is 3.27. The number of aromatic nitrogens is 2. The molecular weight excluding hydrogens is 266 g/mol. The van der Waals surface area contributed by atoms with E-state index in [1.807, 2.05) is 0 Å². The molecule has 0 bridgehead atoms. The van der Waals surface area contributed by atoms with Crippen molar-refractivity contribution in [2.75, 3.05) is 17.3 Å². The van der Waals surface area contributed by atoms with E-state index < -0.39 is 0 Å². The van der Waals surface area contributed by atoms with Gasteiger partial charge in [0.15, 0.2) is 0 Å². The lowest BCUT2D eigenvalue weighted by molar-refractivity contribution is 0.449. The first-order valence-corrected chi connectivity index (χ1v) is 7.82. The van der Waals surface area contributed by atoms with Crippen LogP contribution < -0.4 is 4.90 Å². The van der Waals surface area contributed by atoms with E-state index >= 15 is 0 Å².